The lowest BCUT2D eigenvalue weighted by Gasteiger charge is -2.35. The summed E-state index contributed by atoms with van der Waals surface area (Å²) in [4.78, 5) is 2.56. The van der Waals surface area contributed by atoms with Gasteiger partial charge in [-0.1, -0.05) is 6.42 Å². The van der Waals surface area contributed by atoms with Gasteiger partial charge in [0.25, 0.3) is 0 Å². The van der Waals surface area contributed by atoms with Gasteiger partial charge in [-0.05, 0) is 32.4 Å². The van der Waals surface area contributed by atoms with Gasteiger partial charge in [-0.25, -0.2) is 0 Å². The van der Waals surface area contributed by atoms with Crippen molar-refractivity contribution in [1.82, 2.24) is 4.90 Å². The number of ether oxygens (including phenoxy) is 1. The zero-order valence-corrected chi connectivity index (χ0v) is 8.95. The van der Waals surface area contributed by atoms with Crippen LogP contribution in [0.1, 0.15) is 25.7 Å². The molecule has 2 heterocycles. The van der Waals surface area contributed by atoms with Crippen molar-refractivity contribution in [3.05, 3.63) is 0 Å². The van der Waals surface area contributed by atoms with Gasteiger partial charge in [-0.2, -0.15) is 0 Å². The van der Waals surface area contributed by atoms with E-state index in [1.807, 2.05) is 0 Å². The lowest BCUT2D eigenvalue weighted by atomic mass is 9.95. The average molecular weight is 198 g/mol. The third-order valence-electron chi connectivity index (χ3n) is 3.47. The average Bonchev–Trinajstić information content (AvgIpc) is 2.23. The van der Waals surface area contributed by atoms with E-state index in [1.165, 1.54) is 32.4 Å². The van der Waals surface area contributed by atoms with Crippen molar-refractivity contribution >= 4 is 0 Å². The van der Waals surface area contributed by atoms with Crippen molar-refractivity contribution in [3.63, 3.8) is 0 Å². The van der Waals surface area contributed by atoms with Gasteiger partial charge in [0.1, 0.15) is 0 Å². The molecule has 2 saturated heterocycles. The maximum atomic E-state index is 6.09. The van der Waals surface area contributed by atoms with E-state index in [9.17, 15) is 0 Å². The predicted octanol–water partition coefficient (Wildman–Crippen LogP) is 0.836. The summed E-state index contributed by atoms with van der Waals surface area (Å²) in [6.45, 7) is 5.42. The van der Waals surface area contributed by atoms with Crippen LogP contribution in [0.25, 0.3) is 0 Å². The van der Waals surface area contributed by atoms with Gasteiger partial charge >= 0.3 is 0 Å². The fourth-order valence-corrected chi connectivity index (χ4v) is 2.48. The van der Waals surface area contributed by atoms with E-state index in [2.05, 4.69) is 4.90 Å². The minimum atomic E-state index is 0.366. The van der Waals surface area contributed by atoms with Crippen LogP contribution >= 0.6 is 0 Å². The molecule has 0 aromatic heterocycles. The van der Waals surface area contributed by atoms with Crippen LogP contribution < -0.4 is 5.73 Å². The number of nitrogens with two attached hydrogens (primary N) is 1. The predicted molar refractivity (Wildman–Crippen MR) is 57.2 cm³/mol. The number of likely N-dealkylation sites (tertiary alicyclic amines) is 1. The van der Waals surface area contributed by atoms with Crippen molar-refractivity contribution in [1.29, 1.82) is 0 Å². The molecule has 2 atom stereocenters. The minimum absolute atomic E-state index is 0.366. The smallest absolute Gasteiger partial charge is 0.0521 e. The summed E-state index contributed by atoms with van der Waals surface area (Å²) in [5.74, 6) is 0.571. The maximum absolute atomic E-state index is 6.09. The Morgan fingerprint density at radius 1 is 1.21 bits per heavy atom. The summed E-state index contributed by atoms with van der Waals surface area (Å²) in [6, 6.07) is 0.366. The third kappa shape index (κ3) is 2.69. The molecule has 2 fully saturated rings. The lowest BCUT2D eigenvalue weighted by molar-refractivity contribution is 0.0234. The molecule has 2 aliphatic rings. The minimum Gasteiger partial charge on any atom is -0.381 e. The Kier molecular flexibility index (Phi) is 3.79. The van der Waals surface area contributed by atoms with Gasteiger partial charge < -0.3 is 15.4 Å². The summed E-state index contributed by atoms with van der Waals surface area (Å²) < 4.78 is 5.49. The van der Waals surface area contributed by atoms with E-state index in [-0.39, 0.29) is 0 Å². The zero-order valence-electron chi connectivity index (χ0n) is 8.95. The van der Waals surface area contributed by atoms with Crippen molar-refractivity contribution < 1.29 is 4.74 Å². The van der Waals surface area contributed by atoms with Crippen LogP contribution in [0.3, 0.4) is 0 Å². The Balaban J connectivity index is 1.76. The molecule has 2 unspecified atom stereocenters. The van der Waals surface area contributed by atoms with Gasteiger partial charge in [0, 0.05) is 25.1 Å². The quantitative estimate of drug-likeness (QED) is 0.714. The van der Waals surface area contributed by atoms with E-state index in [1.54, 1.807) is 0 Å². The molecule has 0 aromatic rings. The van der Waals surface area contributed by atoms with Crippen molar-refractivity contribution in [2.75, 3.05) is 32.8 Å². The van der Waals surface area contributed by atoms with Gasteiger partial charge in [0.15, 0.2) is 0 Å². The van der Waals surface area contributed by atoms with Crippen LogP contribution in [0.2, 0.25) is 0 Å². The van der Waals surface area contributed by atoms with E-state index < -0.39 is 0 Å². The molecule has 0 bridgehead atoms. The molecule has 0 saturated carbocycles. The monoisotopic (exact) mass is 198 g/mol. The molecular weight excluding hydrogens is 176 g/mol. The summed E-state index contributed by atoms with van der Waals surface area (Å²) in [7, 11) is 0. The number of rotatable bonds is 2. The Labute approximate surface area is 86.6 Å². The third-order valence-corrected chi connectivity index (χ3v) is 3.47. The highest BCUT2D eigenvalue weighted by Crippen LogP contribution is 2.17. The molecule has 3 nitrogen and oxygen atoms in total. The first-order valence-corrected chi connectivity index (χ1v) is 5.92. The highest BCUT2D eigenvalue weighted by Gasteiger charge is 2.25. The molecule has 0 amide bonds. The van der Waals surface area contributed by atoms with Gasteiger partial charge in [0.2, 0.25) is 0 Å². The van der Waals surface area contributed by atoms with E-state index in [0.717, 1.165) is 26.2 Å². The van der Waals surface area contributed by atoms with Crippen LogP contribution in [0.4, 0.5) is 0 Å². The largest absolute Gasteiger partial charge is 0.381 e. The van der Waals surface area contributed by atoms with Gasteiger partial charge in [0.05, 0.1) is 6.61 Å². The number of nitrogens with zero attached hydrogens (tertiary/aromatic N) is 1. The molecule has 2 rings (SSSR count). The van der Waals surface area contributed by atoms with Gasteiger partial charge in [-0.15, -0.1) is 0 Å². The van der Waals surface area contributed by atoms with Gasteiger partial charge in [-0.3, -0.25) is 0 Å². The summed E-state index contributed by atoms with van der Waals surface area (Å²) in [6.07, 6.45) is 5.17. The second-order valence-electron chi connectivity index (χ2n) is 4.65. The molecule has 14 heavy (non-hydrogen) atoms. The molecule has 2 N–H and O–H groups in total. The fourth-order valence-electron chi connectivity index (χ4n) is 2.48. The Morgan fingerprint density at radius 2 is 2.00 bits per heavy atom. The van der Waals surface area contributed by atoms with E-state index >= 15 is 0 Å². The van der Waals surface area contributed by atoms with Crippen LogP contribution in [0.5, 0.6) is 0 Å². The molecule has 0 spiro atoms. The van der Waals surface area contributed by atoms with Crippen LogP contribution in [-0.4, -0.2) is 43.8 Å². The molecular formula is C11H22N2O. The first-order chi connectivity index (χ1) is 6.86. The van der Waals surface area contributed by atoms with E-state index in [4.69, 9.17) is 10.5 Å². The van der Waals surface area contributed by atoms with Crippen molar-refractivity contribution in [3.8, 4) is 0 Å². The molecule has 0 radical (unpaired) electrons. The first-order valence-electron chi connectivity index (χ1n) is 5.92. The Bertz CT molecular complexity index is 169. The number of piperidine rings is 1. The second-order valence-corrected chi connectivity index (χ2v) is 4.65. The number of hydrogen-bond acceptors (Lipinski definition) is 3. The Morgan fingerprint density at radius 3 is 2.71 bits per heavy atom. The molecule has 0 aliphatic carbocycles. The lowest BCUT2D eigenvalue weighted by Crippen LogP contribution is -2.46. The molecule has 82 valence electrons. The second kappa shape index (κ2) is 5.10. The highest BCUT2D eigenvalue weighted by molar-refractivity contribution is 4.80. The standard InChI is InChI=1S/C11H22N2O/c12-11-4-7-14-9-10(11)8-13-5-2-1-3-6-13/h10-11H,1-9,12H2. The Hall–Kier alpha value is -0.120. The van der Waals surface area contributed by atoms with Crippen molar-refractivity contribution in [2.45, 2.75) is 31.7 Å². The molecule has 3 heteroatoms. The van der Waals surface area contributed by atoms with Crippen molar-refractivity contribution in [2.24, 2.45) is 11.7 Å². The SMILES string of the molecule is NC1CCOCC1CN1CCCCC1. The zero-order chi connectivity index (χ0) is 9.80. The molecule has 0 aromatic carbocycles. The van der Waals surface area contributed by atoms with Crippen LogP contribution in [0.15, 0.2) is 0 Å². The topological polar surface area (TPSA) is 38.5 Å². The summed E-state index contributed by atoms with van der Waals surface area (Å²) in [5.41, 5.74) is 6.09. The van der Waals surface area contributed by atoms with E-state index in [0.29, 0.717) is 12.0 Å². The fraction of sp³-hybridized carbons (Fsp3) is 1.00. The maximum Gasteiger partial charge on any atom is 0.0521 e. The summed E-state index contributed by atoms with van der Waals surface area (Å²) >= 11 is 0. The number of hydrogen-bond donors (Lipinski definition) is 1. The molecule has 2 aliphatic heterocycles. The van der Waals surface area contributed by atoms with Crippen LogP contribution in [-0.2, 0) is 4.74 Å². The van der Waals surface area contributed by atoms with Crippen LogP contribution in [0, 0.1) is 5.92 Å². The summed E-state index contributed by atoms with van der Waals surface area (Å²) in [5, 5.41) is 0. The first kappa shape index (κ1) is 10.4. The normalized spacial score (nSPS) is 35.8. The highest BCUT2D eigenvalue weighted by atomic mass is 16.5.